The zero-order chi connectivity index (χ0) is 32.1. The number of rotatable bonds is 9. The number of fused-ring (bicyclic) bond motifs is 1. The third-order valence-corrected chi connectivity index (χ3v) is 8.20. The van der Waals surface area contributed by atoms with Crippen LogP contribution >= 0.6 is 0 Å². The van der Waals surface area contributed by atoms with Gasteiger partial charge >= 0.3 is 6.03 Å². The molecule has 0 unspecified atom stereocenters. The number of hydrogen-bond donors (Lipinski definition) is 3. The molecule has 1 aliphatic heterocycles. The highest BCUT2D eigenvalue weighted by atomic mass is 16.5. The van der Waals surface area contributed by atoms with Crippen molar-refractivity contribution in [1.29, 1.82) is 0 Å². The van der Waals surface area contributed by atoms with Crippen LogP contribution in [0.25, 0.3) is 11.1 Å². The Hall–Kier alpha value is -4.67. The van der Waals surface area contributed by atoms with Gasteiger partial charge in [-0.05, 0) is 62.7 Å². The largest absolute Gasteiger partial charge is 0.488 e. The van der Waals surface area contributed by atoms with E-state index in [1.807, 2.05) is 25.1 Å². The normalized spacial score (nSPS) is 17.2. The van der Waals surface area contributed by atoms with Gasteiger partial charge in [0.2, 0.25) is 0 Å². The van der Waals surface area contributed by atoms with Crippen molar-refractivity contribution < 1.29 is 24.0 Å². The van der Waals surface area contributed by atoms with Crippen LogP contribution in [0.4, 0.5) is 16.2 Å². The molecule has 3 amide bonds. The van der Waals surface area contributed by atoms with E-state index in [-0.39, 0.29) is 24.5 Å². The van der Waals surface area contributed by atoms with Crippen LogP contribution in [-0.4, -0.2) is 70.9 Å². The van der Waals surface area contributed by atoms with Crippen LogP contribution in [0.2, 0.25) is 0 Å². The van der Waals surface area contributed by atoms with Crippen molar-refractivity contribution in [2.45, 2.75) is 46.4 Å². The molecule has 2 heterocycles. The standard InChI is InChI=1S/C35H41N5O5/c1-22-18-40(23(2)21-41)34(42)30-17-29(36-35(43)37-33-24(3)38-45-25(33)4)15-16-31(30)44-32(22)20-39(5)19-26-11-13-28(14-12-26)27-9-7-6-8-10-27/h6-17,22-23,32,41H,18-21H2,1-5H3,(H2,36,37,43)/t22-,23+,32-/m0/s1. The summed E-state index contributed by atoms with van der Waals surface area (Å²) in [6, 6.07) is 23.0. The van der Waals surface area contributed by atoms with Crippen molar-refractivity contribution in [3.8, 4) is 16.9 Å². The molecular formula is C35H41N5O5. The maximum Gasteiger partial charge on any atom is 0.323 e. The monoisotopic (exact) mass is 611 g/mol. The molecule has 3 N–H and O–H groups in total. The molecule has 0 radical (unpaired) electrons. The second kappa shape index (κ2) is 14.0. The molecule has 10 heteroatoms. The maximum absolute atomic E-state index is 13.8. The van der Waals surface area contributed by atoms with Gasteiger partial charge in [0.15, 0.2) is 5.76 Å². The fourth-order valence-electron chi connectivity index (χ4n) is 5.57. The molecule has 236 valence electrons. The van der Waals surface area contributed by atoms with Crippen molar-refractivity contribution >= 4 is 23.3 Å². The number of likely N-dealkylation sites (N-methyl/N-ethyl adjacent to an activating group) is 1. The Morgan fingerprint density at radius 2 is 1.78 bits per heavy atom. The zero-order valence-corrected chi connectivity index (χ0v) is 26.4. The lowest BCUT2D eigenvalue weighted by atomic mass is 9.99. The number of aromatic nitrogens is 1. The molecule has 0 saturated carbocycles. The minimum atomic E-state index is -0.492. The van der Waals surface area contributed by atoms with Gasteiger partial charge in [-0.3, -0.25) is 9.69 Å². The second-order valence-corrected chi connectivity index (χ2v) is 11.9. The number of carbonyl (C=O) groups is 2. The molecule has 45 heavy (non-hydrogen) atoms. The number of anilines is 2. The molecule has 3 aromatic carbocycles. The smallest absolute Gasteiger partial charge is 0.323 e. The van der Waals surface area contributed by atoms with Crippen LogP contribution < -0.4 is 15.4 Å². The third kappa shape index (κ3) is 7.53. The molecule has 0 aliphatic carbocycles. The van der Waals surface area contributed by atoms with Crippen molar-refractivity contribution in [2.24, 2.45) is 5.92 Å². The summed E-state index contributed by atoms with van der Waals surface area (Å²) in [5, 5.41) is 19.4. The molecule has 4 aromatic rings. The number of benzene rings is 3. The van der Waals surface area contributed by atoms with E-state index >= 15 is 0 Å². The molecule has 0 bridgehead atoms. The van der Waals surface area contributed by atoms with Crippen molar-refractivity contribution in [3.05, 3.63) is 95.4 Å². The van der Waals surface area contributed by atoms with Gasteiger partial charge in [0, 0.05) is 31.2 Å². The minimum absolute atomic E-state index is 0.0161. The SMILES string of the molecule is Cc1noc(C)c1NC(=O)Nc1ccc2c(c1)C(=O)N([C@H](C)CO)C[C@H](C)[C@H](CN(C)Cc1ccc(-c3ccccc3)cc1)O2. The molecule has 1 aromatic heterocycles. The number of nitrogens with one attached hydrogen (secondary N) is 2. The van der Waals surface area contributed by atoms with Gasteiger partial charge in [0.1, 0.15) is 23.2 Å². The minimum Gasteiger partial charge on any atom is -0.488 e. The van der Waals surface area contributed by atoms with Crippen molar-refractivity contribution in [2.75, 3.05) is 37.4 Å². The summed E-state index contributed by atoms with van der Waals surface area (Å²) >= 11 is 0. The Morgan fingerprint density at radius 3 is 2.44 bits per heavy atom. The fraction of sp³-hybridized carbons (Fsp3) is 0.343. The average molecular weight is 612 g/mol. The van der Waals surface area contributed by atoms with E-state index in [1.54, 1.807) is 36.9 Å². The van der Waals surface area contributed by atoms with E-state index in [0.717, 1.165) is 6.54 Å². The number of amides is 3. The summed E-state index contributed by atoms with van der Waals surface area (Å²) in [7, 11) is 2.06. The van der Waals surface area contributed by atoms with Gasteiger partial charge in [0.25, 0.3) is 5.91 Å². The van der Waals surface area contributed by atoms with Crippen LogP contribution in [0.15, 0.2) is 77.3 Å². The van der Waals surface area contributed by atoms with Crippen LogP contribution in [-0.2, 0) is 6.54 Å². The summed E-state index contributed by atoms with van der Waals surface area (Å²) in [5.74, 6) is 0.646. The molecular weight excluding hydrogens is 570 g/mol. The highest BCUT2D eigenvalue weighted by Gasteiger charge is 2.33. The Labute approximate surface area is 264 Å². The molecule has 0 fully saturated rings. The Balaban J connectivity index is 1.33. The lowest BCUT2D eigenvalue weighted by Gasteiger charge is -2.38. The first-order valence-electron chi connectivity index (χ1n) is 15.2. The summed E-state index contributed by atoms with van der Waals surface area (Å²) in [5.41, 5.74) is 5.35. The van der Waals surface area contributed by atoms with E-state index in [2.05, 4.69) is 71.1 Å². The van der Waals surface area contributed by atoms with E-state index in [4.69, 9.17) is 9.26 Å². The lowest BCUT2D eigenvalue weighted by Crippen LogP contribution is -2.49. The van der Waals surface area contributed by atoms with Crippen LogP contribution in [0.1, 0.15) is 41.2 Å². The second-order valence-electron chi connectivity index (χ2n) is 11.9. The van der Waals surface area contributed by atoms with Crippen LogP contribution in [0.5, 0.6) is 5.75 Å². The first kappa shape index (κ1) is 31.7. The maximum atomic E-state index is 13.8. The summed E-state index contributed by atoms with van der Waals surface area (Å²) in [4.78, 5) is 30.5. The van der Waals surface area contributed by atoms with Crippen molar-refractivity contribution in [3.63, 3.8) is 0 Å². The number of aryl methyl sites for hydroxylation is 2. The molecule has 5 rings (SSSR count). The lowest BCUT2D eigenvalue weighted by molar-refractivity contribution is 0.0341. The van der Waals surface area contributed by atoms with Crippen LogP contribution in [0, 0.1) is 19.8 Å². The van der Waals surface area contributed by atoms with Crippen molar-refractivity contribution in [1.82, 2.24) is 15.0 Å². The molecule has 3 atom stereocenters. The molecule has 1 aliphatic rings. The van der Waals surface area contributed by atoms with E-state index in [9.17, 15) is 14.7 Å². The number of aliphatic hydroxyl groups excluding tert-OH is 1. The number of nitrogens with zero attached hydrogens (tertiary/aromatic N) is 3. The Bertz CT molecular complexity index is 1600. The van der Waals surface area contributed by atoms with Gasteiger partial charge in [-0.2, -0.15) is 0 Å². The highest BCUT2D eigenvalue weighted by molar-refractivity contribution is 6.03. The van der Waals surface area contributed by atoms with Crippen LogP contribution in [0.3, 0.4) is 0 Å². The Kier molecular flexibility index (Phi) is 9.85. The number of aliphatic hydroxyl groups is 1. The summed E-state index contributed by atoms with van der Waals surface area (Å²) < 4.78 is 11.7. The van der Waals surface area contributed by atoms with Gasteiger partial charge < -0.3 is 29.9 Å². The number of carbonyl (C=O) groups excluding carboxylic acids is 2. The summed E-state index contributed by atoms with van der Waals surface area (Å²) in [6.07, 6.45) is -0.236. The molecule has 0 saturated heterocycles. The zero-order valence-electron chi connectivity index (χ0n) is 26.4. The van der Waals surface area contributed by atoms with E-state index < -0.39 is 12.1 Å². The first-order valence-corrected chi connectivity index (χ1v) is 15.2. The topological polar surface area (TPSA) is 120 Å². The predicted octanol–water partition coefficient (Wildman–Crippen LogP) is 5.95. The Morgan fingerprint density at radius 1 is 1.07 bits per heavy atom. The number of urea groups is 1. The van der Waals surface area contributed by atoms with E-state index in [0.29, 0.717) is 47.2 Å². The predicted molar refractivity (Wildman–Crippen MR) is 174 cm³/mol. The van der Waals surface area contributed by atoms with Gasteiger partial charge in [-0.1, -0.05) is 66.7 Å². The first-order chi connectivity index (χ1) is 21.6. The van der Waals surface area contributed by atoms with Gasteiger partial charge in [-0.15, -0.1) is 0 Å². The number of hydrogen-bond acceptors (Lipinski definition) is 7. The summed E-state index contributed by atoms with van der Waals surface area (Å²) in [6.45, 7) is 8.93. The molecule has 10 nitrogen and oxygen atoms in total. The fourth-order valence-corrected chi connectivity index (χ4v) is 5.57. The van der Waals surface area contributed by atoms with Gasteiger partial charge in [0.05, 0.1) is 18.2 Å². The quantitative estimate of drug-likeness (QED) is 0.214. The highest BCUT2D eigenvalue weighted by Crippen LogP contribution is 2.31. The third-order valence-electron chi connectivity index (χ3n) is 8.20. The molecule has 0 spiro atoms. The van der Waals surface area contributed by atoms with Gasteiger partial charge in [-0.25, -0.2) is 4.79 Å². The van der Waals surface area contributed by atoms with E-state index in [1.165, 1.54) is 16.7 Å². The number of ether oxygens (including phenoxy) is 1. The average Bonchev–Trinajstić information content (AvgIpc) is 3.35.